The average molecular weight is 297 g/mol. The smallest absolute Gasteiger partial charge is 0.411 e. The number of ether oxygens (including phenoxy) is 1. The number of alkyl halides is 3. The van der Waals surface area contributed by atoms with Gasteiger partial charge in [0.1, 0.15) is 11.6 Å². The Hall–Kier alpha value is -1.47. The van der Waals surface area contributed by atoms with Crippen molar-refractivity contribution in [1.82, 2.24) is 4.90 Å². The van der Waals surface area contributed by atoms with Crippen LogP contribution in [-0.2, 0) is 9.53 Å². The van der Waals surface area contributed by atoms with Gasteiger partial charge in [-0.15, -0.1) is 0 Å². The zero-order valence-corrected chi connectivity index (χ0v) is 11.5. The van der Waals surface area contributed by atoms with Crippen LogP contribution in [0.15, 0.2) is 0 Å². The van der Waals surface area contributed by atoms with Gasteiger partial charge in [0, 0.05) is 6.54 Å². The van der Waals surface area contributed by atoms with Crippen molar-refractivity contribution >= 4 is 12.1 Å². The van der Waals surface area contributed by atoms with Crippen LogP contribution in [0.5, 0.6) is 0 Å². The Morgan fingerprint density at radius 3 is 2.20 bits per heavy atom. The van der Waals surface area contributed by atoms with Crippen LogP contribution >= 0.6 is 0 Å². The highest BCUT2D eigenvalue weighted by molar-refractivity contribution is 5.80. The van der Waals surface area contributed by atoms with E-state index in [1.54, 1.807) is 20.8 Å². The third-order valence-corrected chi connectivity index (χ3v) is 2.98. The number of carboxylic acids is 1. The predicted octanol–water partition coefficient (Wildman–Crippen LogP) is 2.65. The monoisotopic (exact) mass is 297 g/mol. The second-order valence-corrected chi connectivity index (χ2v) is 5.79. The molecule has 0 unspecified atom stereocenters. The number of carboxylic acid groups (broad SMARTS) is 1. The molecular weight excluding hydrogens is 279 g/mol. The Labute approximate surface area is 114 Å². The predicted molar refractivity (Wildman–Crippen MR) is 63.1 cm³/mol. The van der Waals surface area contributed by atoms with Crippen molar-refractivity contribution in [3.8, 4) is 0 Å². The van der Waals surface area contributed by atoms with E-state index in [1.807, 2.05) is 0 Å². The summed E-state index contributed by atoms with van der Waals surface area (Å²) in [7, 11) is 0. The minimum absolute atomic E-state index is 0.282. The summed E-state index contributed by atoms with van der Waals surface area (Å²) < 4.78 is 43.0. The van der Waals surface area contributed by atoms with E-state index in [0.29, 0.717) is 0 Å². The third-order valence-electron chi connectivity index (χ3n) is 2.98. The highest BCUT2D eigenvalue weighted by Gasteiger charge is 2.48. The molecule has 1 fully saturated rings. The van der Waals surface area contributed by atoms with Gasteiger partial charge in [-0.3, -0.25) is 4.90 Å². The van der Waals surface area contributed by atoms with E-state index < -0.39 is 42.2 Å². The zero-order chi connectivity index (χ0) is 15.7. The number of aliphatic carboxylic acids is 1. The highest BCUT2D eigenvalue weighted by atomic mass is 19.4. The van der Waals surface area contributed by atoms with Gasteiger partial charge < -0.3 is 9.84 Å². The van der Waals surface area contributed by atoms with Crippen LogP contribution < -0.4 is 0 Å². The number of carbonyl (C=O) groups excluding carboxylic acids is 1. The van der Waals surface area contributed by atoms with Crippen molar-refractivity contribution in [2.24, 2.45) is 5.92 Å². The molecule has 1 saturated heterocycles. The fourth-order valence-electron chi connectivity index (χ4n) is 2.04. The molecule has 0 saturated carbocycles. The first-order valence-corrected chi connectivity index (χ1v) is 6.21. The number of halogens is 3. The van der Waals surface area contributed by atoms with E-state index >= 15 is 0 Å². The summed E-state index contributed by atoms with van der Waals surface area (Å²) in [5.41, 5.74) is -0.832. The van der Waals surface area contributed by atoms with Crippen molar-refractivity contribution in [3.63, 3.8) is 0 Å². The summed E-state index contributed by atoms with van der Waals surface area (Å²) in [5, 5.41) is 9.02. The molecule has 0 bridgehead atoms. The number of amides is 1. The van der Waals surface area contributed by atoms with Gasteiger partial charge in [-0.05, 0) is 33.6 Å². The first-order chi connectivity index (χ1) is 8.92. The van der Waals surface area contributed by atoms with E-state index in [9.17, 15) is 22.8 Å². The summed E-state index contributed by atoms with van der Waals surface area (Å²) in [5.74, 6) is -3.16. The molecule has 1 aliphatic rings. The standard InChI is InChI=1S/C12H18F3NO4/c1-11(2,3)20-10(19)16-5-4-7(12(13,14)15)6-8(16)9(17)18/h7-8H,4-6H2,1-3H3,(H,17,18)/t7-,8-/m1/s1. The number of carbonyl (C=O) groups is 2. The number of nitrogens with zero attached hydrogens (tertiary/aromatic N) is 1. The molecule has 2 atom stereocenters. The van der Waals surface area contributed by atoms with Gasteiger partial charge in [-0.2, -0.15) is 13.2 Å². The lowest BCUT2D eigenvalue weighted by atomic mass is 9.90. The first-order valence-electron chi connectivity index (χ1n) is 6.21. The Bertz CT molecular complexity index is 389. The van der Waals surface area contributed by atoms with Crippen molar-refractivity contribution in [1.29, 1.82) is 0 Å². The van der Waals surface area contributed by atoms with Crippen LogP contribution in [0.25, 0.3) is 0 Å². The van der Waals surface area contributed by atoms with E-state index in [1.165, 1.54) is 0 Å². The van der Waals surface area contributed by atoms with Crippen LogP contribution in [0.4, 0.5) is 18.0 Å². The molecule has 8 heteroatoms. The molecule has 0 radical (unpaired) electrons. The quantitative estimate of drug-likeness (QED) is 0.808. The topological polar surface area (TPSA) is 66.8 Å². The Morgan fingerprint density at radius 2 is 1.80 bits per heavy atom. The van der Waals surface area contributed by atoms with Gasteiger partial charge in [-0.25, -0.2) is 9.59 Å². The van der Waals surface area contributed by atoms with Crippen molar-refractivity contribution < 1.29 is 32.6 Å². The molecule has 116 valence electrons. The van der Waals surface area contributed by atoms with Crippen LogP contribution in [0.2, 0.25) is 0 Å². The number of hydrogen-bond donors (Lipinski definition) is 1. The van der Waals surface area contributed by atoms with Crippen LogP contribution in [0.3, 0.4) is 0 Å². The van der Waals surface area contributed by atoms with Gasteiger partial charge >= 0.3 is 18.2 Å². The molecule has 1 aliphatic heterocycles. The second-order valence-electron chi connectivity index (χ2n) is 5.79. The first kappa shape index (κ1) is 16.6. The largest absolute Gasteiger partial charge is 0.480 e. The fourth-order valence-corrected chi connectivity index (χ4v) is 2.04. The maximum atomic E-state index is 12.6. The number of hydrogen-bond acceptors (Lipinski definition) is 3. The second kappa shape index (κ2) is 5.49. The van der Waals surface area contributed by atoms with Gasteiger partial charge in [-0.1, -0.05) is 0 Å². The Kier molecular flexibility index (Phi) is 4.55. The Morgan fingerprint density at radius 1 is 1.25 bits per heavy atom. The lowest BCUT2D eigenvalue weighted by Crippen LogP contribution is -2.53. The summed E-state index contributed by atoms with van der Waals surface area (Å²) in [6.45, 7) is 4.52. The summed E-state index contributed by atoms with van der Waals surface area (Å²) in [4.78, 5) is 23.8. The number of rotatable bonds is 1. The van der Waals surface area contributed by atoms with E-state index in [0.717, 1.165) is 4.90 Å². The molecule has 1 amide bonds. The Balaban J connectivity index is 2.83. The van der Waals surface area contributed by atoms with Crippen molar-refractivity contribution in [2.75, 3.05) is 6.54 Å². The molecule has 20 heavy (non-hydrogen) atoms. The van der Waals surface area contributed by atoms with Crippen LogP contribution in [0.1, 0.15) is 33.6 Å². The molecule has 5 nitrogen and oxygen atoms in total. The number of likely N-dealkylation sites (tertiary alicyclic amines) is 1. The summed E-state index contributed by atoms with van der Waals surface area (Å²) >= 11 is 0. The maximum absolute atomic E-state index is 12.6. The molecule has 0 aromatic rings. The molecule has 0 spiro atoms. The van der Waals surface area contributed by atoms with E-state index in [-0.39, 0.29) is 13.0 Å². The van der Waals surface area contributed by atoms with Crippen LogP contribution in [0, 0.1) is 5.92 Å². The third kappa shape index (κ3) is 4.28. The molecule has 1 rings (SSSR count). The molecular formula is C12H18F3NO4. The highest BCUT2D eigenvalue weighted by Crippen LogP contribution is 2.37. The van der Waals surface area contributed by atoms with Crippen LogP contribution in [-0.4, -0.2) is 46.4 Å². The lowest BCUT2D eigenvalue weighted by molar-refractivity contribution is -0.191. The fraction of sp³-hybridized carbons (Fsp3) is 0.833. The summed E-state index contributed by atoms with van der Waals surface area (Å²) in [6, 6.07) is -1.51. The van der Waals surface area contributed by atoms with Gasteiger partial charge in [0.05, 0.1) is 5.92 Å². The molecule has 0 aromatic carbocycles. The van der Waals surface area contributed by atoms with Crippen molar-refractivity contribution in [3.05, 3.63) is 0 Å². The minimum Gasteiger partial charge on any atom is -0.480 e. The van der Waals surface area contributed by atoms with E-state index in [4.69, 9.17) is 9.84 Å². The number of piperidine rings is 1. The maximum Gasteiger partial charge on any atom is 0.411 e. The van der Waals surface area contributed by atoms with Gasteiger partial charge in [0.25, 0.3) is 0 Å². The molecule has 1 heterocycles. The SMILES string of the molecule is CC(C)(C)OC(=O)N1CC[C@@H](C(F)(F)F)C[C@@H]1C(=O)O. The van der Waals surface area contributed by atoms with Gasteiger partial charge in [0.15, 0.2) is 0 Å². The molecule has 0 aliphatic carbocycles. The lowest BCUT2D eigenvalue weighted by Gasteiger charge is -2.38. The normalized spacial score (nSPS) is 24.4. The molecule has 1 N–H and O–H groups in total. The van der Waals surface area contributed by atoms with Crippen molar-refractivity contribution in [2.45, 2.75) is 51.4 Å². The minimum atomic E-state index is -4.45. The molecule has 0 aromatic heterocycles. The average Bonchev–Trinajstić information content (AvgIpc) is 2.24. The van der Waals surface area contributed by atoms with E-state index in [2.05, 4.69) is 0 Å². The zero-order valence-electron chi connectivity index (χ0n) is 11.5. The summed E-state index contributed by atoms with van der Waals surface area (Å²) in [6.07, 6.45) is -6.30. The van der Waals surface area contributed by atoms with Gasteiger partial charge in [0.2, 0.25) is 0 Å².